The number of carbonyl (C=O) groups excluding carboxylic acids is 3. The predicted molar refractivity (Wildman–Crippen MR) is 382 cm³/mol. The van der Waals surface area contributed by atoms with Crippen molar-refractivity contribution in [1.82, 2.24) is 5.32 Å². The van der Waals surface area contributed by atoms with Crippen LogP contribution in [0.2, 0.25) is 0 Å². The van der Waals surface area contributed by atoms with E-state index in [2.05, 4.69) is 17.2 Å². The first kappa shape index (κ1) is 93.7. The van der Waals surface area contributed by atoms with Gasteiger partial charge in [-0.2, -0.15) is 0 Å². The number of nitrogens with zero attached hydrogens (tertiary/aromatic N) is 1. The molecule has 0 atom stereocenters. The second kappa shape index (κ2) is 71.4. The van der Waals surface area contributed by atoms with Gasteiger partial charge in [-0.15, -0.1) is 0 Å². The molecular weight excluding hydrogens is 1360 g/mol. The van der Waals surface area contributed by atoms with Crippen molar-refractivity contribution < 1.29 is 133 Å². The minimum Gasteiger partial charge on any atom is -0.460 e. The quantitative estimate of drug-likeness (QED) is 0.0557. The molecule has 30 nitrogen and oxygen atoms in total. The van der Waals surface area contributed by atoms with Crippen LogP contribution in [-0.2, 0) is 139 Å². The largest absolute Gasteiger partial charge is 0.460 e. The lowest BCUT2D eigenvalue weighted by Gasteiger charge is -2.26. The Morgan fingerprint density at radius 1 is 0.308 bits per heavy atom. The van der Waals surface area contributed by atoms with E-state index in [9.17, 15) is 14.4 Å². The lowest BCUT2D eigenvalue weighted by Crippen LogP contribution is -2.34. The number of para-hydroxylation sites is 1. The third-order valence-electron chi connectivity index (χ3n) is 13.7. The third-order valence-corrected chi connectivity index (χ3v) is 13.7. The molecule has 2 aromatic carbocycles. The minimum atomic E-state index is -0.487. The average molecular weight is 1490 g/mol. The number of hydrogen-bond donors (Lipinski definition) is 1. The maximum Gasteiger partial charge on any atom is 0.308 e. The van der Waals surface area contributed by atoms with Gasteiger partial charge in [0.15, 0.2) is 0 Å². The normalized spacial score (nSPS) is 12.1. The van der Waals surface area contributed by atoms with Crippen molar-refractivity contribution in [3.05, 3.63) is 65.2 Å². The topological polar surface area (TPSA) is 297 Å². The van der Waals surface area contributed by atoms with Crippen molar-refractivity contribution in [1.29, 1.82) is 0 Å². The summed E-state index contributed by atoms with van der Waals surface area (Å²) in [4.78, 5) is 39.2. The van der Waals surface area contributed by atoms with Crippen LogP contribution < -0.4 is 10.2 Å². The fraction of sp³-hybridized carbons (Fsp3) is 0.770. The highest BCUT2D eigenvalue weighted by atomic mass is 16.6. The number of fused-ring (bicyclic) bond motifs is 2. The number of esters is 1. The Hall–Kier alpha value is -4.55. The van der Waals surface area contributed by atoms with Gasteiger partial charge in [-0.05, 0) is 44.5 Å². The molecule has 0 aromatic heterocycles. The Morgan fingerprint density at radius 3 is 0.837 bits per heavy atom. The number of rotatable bonds is 78. The van der Waals surface area contributed by atoms with Gasteiger partial charge in [0.1, 0.15) is 5.60 Å². The van der Waals surface area contributed by atoms with E-state index in [0.717, 1.165) is 22.4 Å². The molecule has 0 saturated carbocycles. The van der Waals surface area contributed by atoms with E-state index in [0.29, 0.717) is 330 Å². The zero-order valence-electron chi connectivity index (χ0n) is 62.5. The zero-order chi connectivity index (χ0) is 74.1. The van der Waals surface area contributed by atoms with Crippen LogP contribution in [0.15, 0.2) is 48.5 Å². The van der Waals surface area contributed by atoms with Gasteiger partial charge in [0.2, 0.25) is 11.8 Å². The molecule has 1 aliphatic heterocycles. The fourth-order valence-corrected chi connectivity index (χ4v) is 8.62. The first-order chi connectivity index (χ1) is 51.2. The summed E-state index contributed by atoms with van der Waals surface area (Å²) >= 11 is 0. The Labute approximate surface area is 617 Å². The van der Waals surface area contributed by atoms with Crippen LogP contribution in [0.4, 0.5) is 5.69 Å². The van der Waals surface area contributed by atoms with E-state index in [1.54, 1.807) is 4.90 Å². The molecule has 598 valence electrons. The molecule has 2 amide bonds. The molecule has 0 saturated heterocycles. The van der Waals surface area contributed by atoms with Crippen molar-refractivity contribution in [2.24, 2.45) is 0 Å². The van der Waals surface area contributed by atoms with E-state index in [4.69, 9.17) is 118 Å². The SMILES string of the molecule is CC(C)(C)OC(=O)CCOCCOCCOCCOCCOCCOCCOCCOCCOCCOCCOCCOCCOCCOCCOCCOCCOCCOCCOCCOCCOCCOCCOCCOCCNC(=O)CCC(=O)N1Cc2ccccc2C#Cc2ccccc21. The second-order valence-electron chi connectivity index (χ2n) is 23.3. The standard InChI is InChI=1S/C74H124N2O28/c1-74(2,3)104-73(79)16-18-80-20-22-82-24-26-84-28-30-86-32-34-88-36-38-90-40-42-92-44-46-94-48-50-96-52-54-98-56-58-100-60-62-102-64-65-103-63-61-101-59-57-99-55-53-97-51-49-95-47-45-93-43-41-91-39-37-89-35-33-87-31-29-85-27-25-83-23-21-81-19-17-75-71(77)14-15-72(78)76-66-69-10-5-4-8-67(69)12-13-68-9-6-7-11-70(68)76/h4-11H,14-66H2,1-3H3,(H,75,77). The molecule has 1 heterocycles. The maximum absolute atomic E-state index is 13.4. The molecule has 0 spiro atoms. The van der Waals surface area contributed by atoms with Crippen LogP contribution >= 0.6 is 0 Å². The smallest absolute Gasteiger partial charge is 0.308 e. The first-order valence-electron chi connectivity index (χ1n) is 36.6. The summed E-state index contributed by atoms with van der Waals surface area (Å²) in [5.74, 6) is 5.79. The highest BCUT2D eigenvalue weighted by Gasteiger charge is 2.22. The molecule has 0 unspecified atom stereocenters. The highest BCUT2D eigenvalue weighted by Crippen LogP contribution is 2.26. The molecule has 0 fully saturated rings. The van der Waals surface area contributed by atoms with Gasteiger partial charge < -0.3 is 129 Å². The Kier molecular flexibility index (Phi) is 64.3. The summed E-state index contributed by atoms with van der Waals surface area (Å²) in [7, 11) is 0. The Bertz CT molecular complexity index is 2350. The van der Waals surface area contributed by atoms with Gasteiger partial charge in [-0.3, -0.25) is 14.4 Å². The number of benzene rings is 2. The van der Waals surface area contributed by atoms with E-state index >= 15 is 0 Å². The van der Waals surface area contributed by atoms with Crippen LogP contribution in [0.3, 0.4) is 0 Å². The molecule has 1 aliphatic rings. The number of anilines is 1. The first-order valence-corrected chi connectivity index (χ1v) is 36.6. The monoisotopic (exact) mass is 1490 g/mol. The van der Waals surface area contributed by atoms with Gasteiger partial charge in [0, 0.05) is 30.5 Å². The molecule has 3 rings (SSSR count). The number of ether oxygens (including phenoxy) is 25. The summed E-state index contributed by atoms with van der Waals surface area (Å²) in [5.41, 5.74) is 2.90. The van der Waals surface area contributed by atoms with E-state index < -0.39 is 5.60 Å². The van der Waals surface area contributed by atoms with Gasteiger partial charge >= 0.3 is 5.97 Å². The van der Waals surface area contributed by atoms with Crippen molar-refractivity contribution in [3.8, 4) is 11.8 Å². The predicted octanol–water partition coefficient (Wildman–Crippen LogP) is 3.96. The van der Waals surface area contributed by atoms with E-state index in [1.807, 2.05) is 69.3 Å². The molecule has 0 aliphatic carbocycles. The minimum absolute atomic E-state index is 0.0771. The van der Waals surface area contributed by atoms with E-state index in [1.165, 1.54) is 0 Å². The molecule has 0 radical (unpaired) electrons. The molecule has 2 aromatic rings. The summed E-state index contributed by atoms with van der Waals surface area (Å²) in [6, 6.07) is 15.4. The second-order valence-corrected chi connectivity index (χ2v) is 23.3. The fourth-order valence-electron chi connectivity index (χ4n) is 8.62. The number of hydrogen-bond acceptors (Lipinski definition) is 28. The van der Waals surface area contributed by atoms with Crippen LogP contribution in [0.25, 0.3) is 0 Å². The highest BCUT2D eigenvalue weighted by molar-refractivity contribution is 5.97. The number of carbonyl (C=O) groups is 3. The van der Waals surface area contributed by atoms with Crippen LogP contribution in [0, 0.1) is 11.8 Å². The molecule has 1 N–H and O–H groups in total. The van der Waals surface area contributed by atoms with Crippen molar-refractivity contribution in [3.63, 3.8) is 0 Å². The number of nitrogens with one attached hydrogen (secondary N) is 1. The van der Waals surface area contributed by atoms with Crippen LogP contribution in [-0.4, -0.2) is 347 Å². The van der Waals surface area contributed by atoms with Crippen molar-refractivity contribution in [2.45, 2.75) is 52.2 Å². The van der Waals surface area contributed by atoms with Crippen LogP contribution in [0.5, 0.6) is 0 Å². The maximum atomic E-state index is 13.4. The summed E-state index contributed by atoms with van der Waals surface area (Å²) in [6.45, 7) is 28.2. The van der Waals surface area contributed by atoms with Crippen LogP contribution in [0.1, 0.15) is 56.7 Å². The summed E-state index contributed by atoms with van der Waals surface area (Å²) in [5, 5.41) is 2.82. The van der Waals surface area contributed by atoms with Crippen molar-refractivity contribution in [2.75, 3.05) is 329 Å². The van der Waals surface area contributed by atoms with Gasteiger partial charge in [-0.25, -0.2) is 0 Å². The Morgan fingerprint density at radius 2 is 0.548 bits per heavy atom. The van der Waals surface area contributed by atoms with Gasteiger partial charge in [-0.1, -0.05) is 42.2 Å². The molecule has 104 heavy (non-hydrogen) atoms. The molecular formula is C74H124N2O28. The Balaban J connectivity index is 0.861. The zero-order valence-corrected chi connectivity index (χ0v) is 62.5. The molecule has 30 heteroatoms. The molecule has 0 bridgehead atoms. The third kappa shape index (κ3) is 60.5. The summed E-state index contributed by atoms with van der Waals surface area (Å²) in [6.07, 6.45) is 0.377. The van der Waals surface area contributed by atoms with Gasteiger partial charge in [0.25, 0.3) is 0 Å². The van der Waals surface area contributed by atoms with Gasteiger partial charge in [0.05, 0.1) is 336 Å². The summed E-state index contributed by atoms with van der Waals surface area (Å²) < 4.78 is 138. The van der Waals surface area contributed by atoms with Crippen molar-refractivity contribution >= 4 is 23.5 Å². The lowest BCUT2D eigenvalue weighted by atomic mass is 10.0. The van der Waals surface area contributed by atoms with E-state index in [-0.39, 0.29) is 37.0 Å². The lowest BCUT2D eigenvalue weighted by molar-refractivity contribution is -0.156. The number of amides is 2. The average Bonchev–Trinajstić information content (AvgIpc) is 0.806.